The molecule has 6 heteroatoms. The first-order valence-corrected chi connectivity index (χ1v) is 13.2. The third-order valence-electron chi connectivity index (χ3n) is 7.37. The molecule has 1 aliphatic heterocycles. The Morgan fingerprint density at radius 2 is 1.82 bits per heavy atom. The summed E-state index contributed by atoms with van der Waals surface area (Å²) in [7, 11) is 0. The van der Waals surface area contributed by atoms with Crippen molar-refractivity contribution in [1.82, 2.24) is 5.32 Å². The van der Waals surface area contributed by atoms with E-state index in [0.29, 0.717) is 23.2 Å². The number of halogens is 1. The van der Waals surface area contributed by atoms with Crippen molar-refractivity contribution in [3.05, 3.63) is 124 Å². The molecule has 0 bridgehead atoms. The maximum atomic E-state index is 14.0. The van der Waals surface area contributed by atoms with Gasteiger partial charge in [-0.2, -0.15) is 0 Å². The second kappa shape index (κ2) is 11.1. The largest absolute Gasteiger partial charge is 0.478 e. The van der Waals surface area contributed by atoms with Crippen molar-refractivity contribution in [2.24, 2.45) is 0 Å². The van der Waals surface area contributed by atoms with Gasteiger partial charge in [-0.25, -0.2) is 9.18 Å². The highest BCUT2D eigenvalue weighted by Gasteiger charge is 2.20. The van der Waals surface area contributed by atoms with Gasteiger partial charge < -0.3 is 15.3 Å². The predicted molar refractivity (Wildman–Crippen MR) is 152 cm³/mol. The highest BCUT2D eigenvalue weighted by atomic mass is 19.1. The van der Waals surface area contributed by atoms with Gasteiger partial charge in [0.2, 0.25) is 0 Å². The van der Waals surface area contributed by atoms with E-state index in [-0.39, 0.29) is 23.3 Å². The number of carboxylic acids is 1. The average molecular weight is 523 g/mol. The number of amides is 1. The van der Waals surface area contributed by atoms with Gasteiger partial charge in [-0.3, -0.25) is 4.79 Å². The minimum atomic E-state index is -0.943. The Bertz CT molecular complexity index is 1550. The van der Waals surface area contributed by atoms with E-state index in [0.717, 1.165) is 47.3 Å². The third kappa shape index (κ3) is 5.70. The number of hydrogen-bond donors (Lipinski definition) is 2. The standard InChI is InChI=1S/C33H31FN2O3/c1-21-12-13-24(19-30(21)34)22(2)35-32(37)27-14-15-31-26(18-27)9-6-16-36(31)20-23-7-5-8-25(17-23)28-10-3-4-11-29(28)33(38)39/h3-5,7-8,10-15,17-19,22H,6,9,16,20H2,1-2H3,(H,35,37)(H,38,39)/t22-/m0/s1. The molecule has 0 saturated carbocycles. The molecule has 2 N–H and O–H groups in total. The van der Waals surface area contributed by atoms with Crippen LogP contribution < -0.4 is 10.2 Å². The van der Waals surface area contributed by atoms with Gasteiger partial charge >= 0.3 is 5.97 Å². The Labute approximate surface area is 227 Å². The summed E-state index contributed by atoms with van der Waals surface area (Å²) < 4.78 is 14.0. The van der Waals surface area contributed by atoms with E-state index in [4.69, 9.17) is 0 Å². The van der Waals surface area contributed by atoms with Crippen LogP contribution in [0, 0.1) is 12.7 Å². The van der Waals surface area contributed by atoms with Crippen molar-refractivity contribution >= 4 is 17.6 Å². The molecule has 1 atom stereocenters. The van der Waals surface area contributed by atoms with Gasteiger partial charge in [0.05, 0.1) is 11.6 Å². The molecule has 0 unspecified atom stereocenters. The number of aromatic carboxylic acids is 1. The Morgan fingerprint density at radius 1 is 1.00 bits per heavy atom. The van der Waals surface area contributed by atoms with Gasteiger partial charge in [0.1, 0.15) is 5.82 Å². The molecule has 0 saturated heterocycles. The zero-order valence-corrected chi connectivity index (χ0v) is 22.1. The van der Waals surface area contributed by atoms with Gasteiger partial charge in [-0.1, -0.05) is 48.5 Å². The molecule has 1 amide bonds. The highest BCUT2D eigenvalue weighted by molar-refractivity contribution is 5.96. The molecule has 5 nitrogen and oxygen atoms in total. The number of carbonyl (C=O) groups is 2. The number of anilines is 1. The fourth-order valence-electron chi connectivity index (χ4n) is 5.20. The number of rotatable bonds is 7. The molecule has 1 aliphatic rings. The quantitative estimate of drug-likeness (QED) is 0.276. The lowest BCUT2D eigenvalue weighted by molar-refractivity contribution is 0.0697. The van der Waals surface area contributed by atoms with Crippen molar-refractivity contribution in [3.63, 3.8) is 0 Å². The first-order valence-electron chi connectivity index (χ1n) is 13.2. The van der Waals surface area contributed by atoms with Crippen LogP contribution in [0.2, 0.25) is 0 Å². The van der Waals surface area contributed by atoms with Crippen LogP contribution in [0.3, 0.4) is 0 Å². The Kier molecular flexibility index (Phi) is 7.46. The normalized spacial score (nSPS) is 13.5. The van der Waals surface area contributed by atoms with Crippen molar-refractivity contribution in [1.29, 1.82) is 0 Å². The summed E-state index contributed by atoms with van der Waals surface area (Å²) in [5.74, 6) is -1.41. The van der Waals surface area contributed by atoms with Crippen LogP contribution >= 0.6 is 0 Å². The lowest BCUT2D eigenvalue weighted by Gasteiger charge is -2.32. The summed E-state index contributed by atoms with van der Waals surface area (Å²) in [5.41, 5.74) is 7.05. The Balaban J connectivity index is 1.33. The molecule has 1 heterocycles. The molecule has 198 valence electrons. The molecule has 5 rings (SSSR count). The van der Waals surface area contributed by atoms with Crippen LogP contribution in [0.15, 0.2) is 84.9 Å². The molecule has 0 radical (unpaired) electrons. The third-order valence-corrected chi connectivity index (χ3v) is 7.37. The number of benzene rings is 4. The van der Waals surface area contributed by atoms with Crippen LogP contribution in [0.4, 0.5) is 10.1 Å². The summed E-state index contributed by atoms with van der Waals surface area (Å²) in [6.45, 7) is 5.14. The molecule has 0 aromatic heterocycles. The number of carbonyl (C=O) groups excluding carboxylic acids is 1. The summed E-state index contributed by atoms with van der Waals surface area (Å²) in [6, 6.07) is 25.6. The lowest BCUT2D eigenvalue weighted by Crippen LogP contribution is -2.30. The van der Waals surface area contributed by atoms with E-state index in [1.165, 1.54) is 6.07 Å². The van der Waals surface area contributed by atoms with E-state index in [1.807, 2.05) is 61.5 Å². The lowest BCUT2D eigenvalue weighted by atomic mass is 9.96. The topological polar surface area (TPSA) is 69.6 Å². The van der Waals surface area contributed by atoms with E-state index < -0.39 is 5.97 Å². The summed E-state index contributed by atoms with van der Waals surface area (Å²) in [5, 5.41) is 12.6. The molecule has 4 aromatic rings. The van der Waals surface area contributed by atoms with Crippen LogP contribution in [0.5, 0.6) is 0 Å². The summed E-state index contributed by atoms with van der Waals surface area (Å²) >= 11 is 0. The molecule has 4 aromatic carbocycles. The minimum absolute atomic E-state index is 0.187. The first kappa shape index (κ1) is 26.2. The SMILES string of the molecule is Cc1ccc([C@H](C)NC(=O)c2ccc3c(c2)CCCN3Cc2cccc(-c3ccccc3C(=O)O)c2)cc1F. The van der Waals surface area contributed by atoms with Crippen LogP contribution in [-0.4, -0.2) is 23.5 Å². The fourth-order valence-corrected chi connectivity index (χ4v) is 5.20. The predicted octanol–water partition coefficient (Wildman–Crippen LogP) is 6.94. The molecular weight excluding hydrogens is 491 g/mol. The van der Waals surface area contributed by atoms with Crippen LogP contribution in [0.1, 0.15) is 62.4 Å². The van der Waals surface area contributed by atoms with Crippen molar-refractivity contribution in [2.45, 2.75) is 39.3 Å². The molecule has 0 aliphatic carbocycles. The maximum Gasteiger partial charge on any atom is 0.336 e. The van der Waals surface area contributed by atoms with Gasteiger partial charge in [-0.15, -0.1) is 0 Å². The second-order valence-corrected chi connectivity index (χ2v) is 10.1. The van der Waals surface area contributed by atoms with Crippen molar-refractivity contribution in [2.75, 3.05) is 11.4 Å². The van der Waals surface area contributed by atoms with Crippen LogP contribution in [0.25, 0.3) is 11.1 Å². The Morgan fingerprint density at radius 3 is 2.62 bits per heavy atom. The number of aryl methyl sites for hydroxylation is 2. The van der Waals surface area contributed by atoms with E-state index in [2.05, 4.69) is 16.3 Å². The monoisotopic (exact) mass is 522 g/mol. The zero-order chi connectivity index (χ0) is 27.5. The maximum absolute atomic E-state index is 14.0. The number of nitrogens with zero attached hydrogens (tertiary/aromatic N) is 1. The molecule has 0 spiro atoms. The first-order chi connectivity index (χ1) is 18.8. The van der Waals surface area contributed by atoms with Gasteiger partial charge in [0.15, 0.2) is 0 Å². The average Bonchev–Trinajstić information content (AvgIpc) is 2.94. The molecule has 0 fully saturated rings. The summed E-state index contributed by atoms with van der Waals surface area (Å²) in [4.78, 5) is 27.0. The zero-order valence-electron chi connectivity index (χ0n) is 22.1. The molecular formula is C33H31FN2O3. The smallest absolute Gasteiger partial charge is 0.336 e. The van der Waals surface area contributed by atoms with Gasteiger partial charge in [0.25, 0.3) is 5.91 Å². The van der Waals surface area contributed by atoms with Gasteiger partial charge in [0, 0.05) is 24.3 Å². The van der Waals surface area contributed by atoms with Crippen LogP contribution in [-0.2, 0) is 13.0 Å². The fraction of sp³-hybridized carbons (Fsp3) is 0.212. The second-order valence-electron chi connectivity index (χ2n) is 10.1. The number of hydrogen-bond acceptors (Lipinski definition) is 3. The summed E-state index contributed by atoms with van der Waals surface area (Å²) in [6.07, 6.45) is 1.86. The minimum Gasteiger partial charge on any atom is -0.478 e. The van der Waals surface area contributed by atoms with E-state index in [9.17, 15) is 19.1 Å². The van der Waals surface area contributed by atoms with Gasteiger partial charge in [-0.05, 0) is 96.5 Å². The molecule has 39 heavy (non-hydrogen) atoms. The number of fused-ring (bicyclic) bond motifs is 1. The van der Waals surface area contributed by atoms with E-state index in [1.54, 1.807) is 25.1 Å². The Hall–Kier alpha value is -4.45. The van der Waals surface area contributed by atoms with Crippen molar-refractivity contribution < 1.29 is 19.1 Å². The number of carboxylic acid groups (broad SMARTS) is 1. The number of nitrogens with one attached hydrogen (secondary N) is 1. The highest BCUT2D eigenvalue weighted by Crippen LogP contribution is 2.31. The van der Waals surface area contributed by atoms with E-state index >= 15 is 0 Å². The van der Waals surface area contributed by atoms with Crippen molar-refractivity contribution in [3.8, 4) is 11.1 Å².